The maximum Gasteiger partial charge on any atom is 0.340 e. The van der Waals surface area contributed by atoms with Crippen molar-refractivity contribution in [2.75, 3.05) is 11.1 Å². The second kappa shape index (κ2) is 5.56. The van der Waals surface area contributed by atoms with E-state index in [2.05, 4.69) is 10.3 Å². The number of nitrogens with two attached hydrogens (primary N) is 1. The van der Waals surface area contributed by atoms with Gasteiger partial charge in [0.05, 0.1) is 23.6 Å². The van der Waals surface area contributed by atoms with Crippen LogP contribution in [0.25, 0.3) is 0 Å². The lowest BCUT2D eigenvalue weighted by molar-refractivity contribution is 0.0698. The van der Waals surface area contributed by atoms with E-state index in [4.69, 9.17) is 10.8 Å². The highest BCUT2D eigenvalue weighted by molar-refractivity contribution is 6.00. The standard InChI is InChI=1S/C14H14FN3O2/c1-8-3-2-6-17-11(8)7-18-10-5-4-9(15)13(16)12(10)14(19)20/h2-6,18H,7,16H2,1H3,(H,19,20). The fraction of sp³-hybridized carbons (Fsp3) is 0.143. The third-order valence-electron chi connectivity index (χ3n) is 2.97. The summed E-state index contributed by atoms with van der Waals surface area (Å²) in [4.78, 5) is 15.4. The molecule has 0 saturated carbocycles. The van der Waals surface area contributed by atoms with Crippen LogP contribution in [0.2, 0.25) is 0 Å². The van der Waals surface area contributed by atoms with Crippen LogP contribution < -0.4 is 11.1 Å². The van der Waals surface area contributed by atoms with Gasteiger partial charge in [0.25, 0.3) is 0 Å². The van der Waals surface area contributed by atoms with Crippen molar-refractivity contribution in [1.82, 2.24) is 4.98 Å². The Morgan fingerprint density at radius 2 is 2.20 bits per heavy atom. The van der Waals surface area contributed by atoms with Crippen molar-refractivity contribution >= 4 is 17.3 Å². The second-order valence-electron chi connectivity index (χ2n) is 4.31. The molecule has 1 aromatic carbocycles. The van der Waals surface area contributed by atoms with Crippen molar-refractivity contribution < 1.29 is 14.3 Å². The van der Waals surface area contributed by atoms with E-state index >= 15 is 0 Å². The number of carbonyl (C=O) groups is 1. The summed E-state index contributed by atoms with van der Waals surface area (Å²) in [6.07, 6.45) is 1.65. The molecule has 1 heterocycles. The Morgan fingerprint density at radius 3 is 2.85 bits per heavy atom. The molecule has 0 bridgehead atoms. The Bertz CT molecular complexity index is 659. The van der Waals surface area contributed by atoms with Gasteiger partial charge in [0.15, 0.2) is 0 Å². The molecule has 0 radical (unpaired) electrons. The minimum Gasteiger partial charge on any atom is -0.478 e. The van der Waals surface area contributed by atoms with Crippen molar-refractivity contribution in [3.8, 4) is 0 Å². The number of carboxylic acids is 1. The number of rotatable bonds is 4. The summed E-state index contributed by atoms with van der Waals surface area (Å²) < 4.78 is 13.3. The molecule has 0 aliphatic carbocycles. The predicted octanol–water partition coefficient (Wildman–Crippen LogP) is 2.42. The lowest BCUT2D eigenvalue weighted by Crippen LogP contribution is -2.11. The van der Waals surface area contributed by atoms with E-state index in [1.165, 1.54) is 6.07 Å². The number of aryl methyl sites for hydroxylation is 1. The van der Waals surface area contributed by atoms with Gasteiger partial charge in [0.2, 0.25) is 0 Å². The molecule has 20 heavy (non-hydrogen) atoms. The van der Waals surface area contributed by atoms with Crippen molar-refractivity contribution in [2.24, 2.45) is 0 Å². The van der Waals surface area contributed by atoms with Gasteiger partial charge in [-0.05, 0) is 30.7 Å². The molecule has 1 aromatic heterocycles. The highest BCUT2D eigenvalue weighted by Crippen LogP contribution is 2.25. The van der Waals surface area contributed by atoms with E-state index in [9.17, 15) is 9.18 Å². The number of nitrogens with one attached hydrogen (secondary N) is 1. The molecule has 0 saturated heterocycles. The van der Waals surface area contributed by atoms with Crippen molar-refractivity contribution in [1.29, 1.82) is 0 Å². The maximum atomic E-state index is 13.3. The van der Waals surface area contributed by atoms with E-state index < -0.39 is 11.8 Å². The third kappa shape index (κ3) is 2.69. The summed E-state index contributed by atoms with van der Waals surface area (Å²) in [6, 6.07) is 6.21. The maximum absolute atomic E-state index is 13.3. The second-order valence-corrected chi connectivity index (χ2v) is 4.31. The summed E-state index contributed by atoms with van der Waals surface area (Å²) in [5, 5.41) is 12.1. The third-order valence-corrected chi connectivity index (χ3v) is 2.97. The highest BCUT2D eigenvalue weighted by Gasteiger charge is 2.17. The Morgan fingerprint density at radius 1 is 1.45 bits per heavy atom. The number of nitrogens with zero attached hydrogens (tertiary/aromatic N) is 1. The van der Waals surface area contributed by atoms with E-state index in [0.717, 1.165) is 17.3 Å². The van der Waals surface area contributed by atoms with Crippen LogP contribution in [0.4, 0.5) is 15.8 Å². The van der Waals surface area contributed by atoms with E-state index in [1.54, 1.807) is 6.20 Å². The molecule has 0 unspecified atom stereocenters. The fourth-order valence-electron chi connectivity index (χ4n) is 1.85. The number of pyridine rings is 1. The Balaban J connectivity index is 2.29. The molecule has 6 heteroatoms. The molecule has 2 aromatic rings. The lowest BCUT2D eigenvalue weighted by Gasteiger charge is -2.12. The van der Waals surface area contributed by atoms with Crippen LogP contribution in [0.3, 0.4) is 0 Å². The number of hydrogen-bond donors (Lipinski definition) is 3. The monoisotopic (exact) mass is 275 g/mol. The average Bonchev–Trinajstić information content (AvgIpc) is 2.41. The van der Waals surface area contributed by atoms with Gasteiger partial charge in [-0.25, -0.2) is 9.18 Å². The van der Waals surface area contributed by atoms with Gasteiger partial charge in [-0.2, -0.15) is 0 Å². The quantitative estimate of drug-likeness (QED) is 0.746. The van der Waals surface area contributed by atoms with E-state index in [0.29, 0.717) is 6.54 Å². The van der Waals surface area contributed by atoms with Gasteiger partial charge in [-0.3, -0.25) is 4.98 Å². The zero-order chi connectivity index (χ0) is 14.7. The lowest BCUT2D eigenvalue weighted by atomic mass is 10.1. The first-order valence-corrected chi connectivity index (χ1v) is 5.96. The first kappa shape index (κ1) is 13.8. The zero-order valence-electron chi connectivity index (χ0n) is 10.9. The Hall–Kier alpha value is -2.63. The average molecular weight is 275 g/mol. The molecule has 0 aliphatic rings. The number of halogens is 1. The van der Waals surface area contributed by atoms with Crippen LogP contribution in [-0.4, -0.2) is 16.1 Å². The molecule has 0 atom stereocenters. The normalized spacial score (nSPS) is 10.3. The van der Waals surface area contributed by atoms with Crippen LogP contribution in [0.15, 0.2) is 30.5 Å². The largest absolute Gasteiger partial charge is 0.478 e. The van der Waals surface area contributed by atoms with Crippen LogP contribution in [0.5, 0.6) is 0 Å². The predicted molar refractivity (Wildman–Crippen MR) is 74.1 cm³/mol. The fourth-order valence-corrected chi connectivity index (χ4v) is 1.85. The molecule has 0 fully saturated rings. The minimum absolute atomic E-state index is 0.265. The molecule has 0 aliphatic heterocycles. The van der Waals surface area contributed by atoms with Crippen molar-refractivity contribution in [3.63, 3.8) is 0 Å². The molecular weight excluding hydrogens is 261 g/mol. The van der Waals surface area contributed by atoms with Crippen LogP contribution >= 0.6 is 0 Å². The first-order valence-electron chi connectivity index (χ1n) is 5.96. The molecule has 104 valence electrons. The van der Waals surface area contributed by atoms with Crippen LogP contribution in [0, 0.1) is 12.7 Å². The van der Waals surface area contributed by atoms with Gasteiger partial charge in [0, 0.05) is 6.20 Å². The van der Waals surface area contributed by atoms with E-state index in [1.807, 2.05) is 19.1 Å². The zero-order valence-corrected chi connectivity index (χ0v) is 10.9. The summed E-state index contributed by atoms with van der Waals surface area (Å²) >= 11 is 0. The summed E-state index contributed by atoms with van der Waals surface area (Å²) in [6.45, 7) is 2.24. The van der Waals surface area contributed by atoms with Gasteiger partial charge in [-0.15, -0.1) is 0 Å². The number of anilines is 2. The van der Waals surface area contributed by atoms with Crippen molar-refractivity contribution in [3.05, 3.63) is 53.1 Å². The number of hydrogen-bond acceptors (Lipinski definition) is 4. The van der Waals surface area contributed by atoms with E-state index in [-0.39, 0.29) is 16.9 Å². The number of nitrogen functional groups attached to an aromatic ring is 1. The minimum atomic E-state index is -1.28. The molecule has 0 amide bonds. The molecule has 4 N–H and O–H groups in total. The smallest absolute Gasteiger partial charge is 0.340 e. The molecule has 2 rings (SSSR count). The Labute approximate surface area is 115 Å². The first-order chi connectivity index (χ1) is 9.50. The molecule has 5 nitrogen and oxygen atoms in total. The van der Waals surface area contributed by atoms with Gasteiger partial charge < -0.3 is 16.2 Å². The summed E-state index contributed by atoms with van der Waals surface area (Å²) in [5.74, 6) is -2.02. The summed E-state index contributed by atoms with van der Waals surface area (Å²) in [7, 11) is 0. The molecule has 0 spiro atoms. The number of aromatic carboxylic acids is 1. The number of benzene rings is 1. The van der Waals surface area contributed by atoms with Crippen LogP contribution in [-0.2, 0) is 6.54 Å². The molecular formula is C14H14FN3O2. The van der Waals surface area contributed by atoms with Gasteiger partial charge in [0.1, 0.15) is 11.4 Å². The Kier molecular flexibility index (Phi) is 3.84. The van der Waals surface area contributed by atoms with Crippen LogP contribution in [0.1, 0.15) is 21.6 Å². The number of carboxylic acid groups (broad SMARTS) is 1. The van der Waals surface area contributed by atoms with Gasteiger partial charge >= 0.3 is 5.97 Å². The topological polar surface area (TPSA) is 88.2 Å². The number of aromatic nitrogens is 1. The summed E-state index contributed by atoms with van der Waals surface area (Å²) in [5.41, 5.74) is 6.86. The van der Waals surface area contributed by atoms with Crippen molar-refractivity contribution in [2.45, 2.75) is 13.5 Å². The SMILES string of the molecule is Cc1cccnc1CNc1ccc(F)c(N)c1C(=O)O. The highest BCUT2D eigenvalue weighted by atomic mass is 19.1. The van der Waals surface area contributed by atoms with Gasteiger partial charge in [-0.1, -0.05) is 6.07 Å².